The second kappa shape index (κ2) is 4.27. The molecule has 0 heterocycles. The van der Waals surface area contributed by atoms with Crippen LogP contribution in [0.2, 0.25) is 0 Å². The molecule has 1 rings (SSSR count). The van der Waals surface area contributed by atoms with Gasteiger partial charge in [0.05, 0.1) is 6.10 Å². The molecule has 72 valence electrons. The molecule has 0 aromatic carbocycles. The first-order valence-electron chi connectivity index (χ1n) is 5.39. The number of aliphatic hydroxyl groups excluding tert-OH is 1. The Bertz CT molecular complexity index is 125. The molecule has 0 amide bonds. The van der Waals surface area contributed by atoms with Gasteiger partial charge in [-0.15, -0.1) is 0 Å². The van der Waals surface area contributed by atoms with Crippen LogP contribution in [-0.4, -0.2) is 11.2 Å². The summed E-state index contributed by atoms with van der Waals surface area (Å²) in [5.74, 6) is 0. The average Bonchev–Trinajstić information content (AvgIpc) is 2.79. The van der Waals surface area contributed by atoms with E-state index in [-0.39, 0.29) is 6.10 Å². The number of unbranched alkanes of at least 4 members (excludes halogenated alkanes) is 3. The van der Waals surface area contributed by atoms with E-state index in [4.69, 9.17) is 0 Å². The summed E-state index contributed by atoms with van der Waals surface area (Å²) in [6.07, 6.45) is 9.04. The molecule has 1 nitrogen and oxygen atoms in total. The van der Waals surface area contributed by atoms with E-state index in [0.717, 1.165) is 0 Å². The van der Waals surface area contributed by atoms with Crippen LogP contribution in [0.1, 0.15) is 58.8 Å². The molecule has 1 heteroatoms. The van der Waals surface area contributed by atoms with E-state index in [2.05, 4.69) is 6.92 Å². The van der Waals surface area contributed by atoms with Crippen LogP contribution in [0, 0.1) is 5.41 Å². The van der Waals surface area contributed by atoms with Crippen LogP contribution in [0.25, 0.3) is 0 Å². The predicted molar refractivity (Wildman–Crippen MR) is 52.1 cm³/mol. The summed E-state index contributed by atoms with van der Waals surface area (Å²) >= 11 is 0. The van der Waals surface area contributed by atoms with Crippen molar-refractivity contribution in [1.82, 2.24) is 0 Å². The van der Waals surface area contributed by atoms with Crippen LogP contribution in [0.5, 0.6) is 0 Å². The zero-order valence-electron chi connectivity index (χ0n) is 8.47. The molecule has 1 fully saturated rings. The molecule has 0 radical (unpaired) electrons. The highest BCUT2D eigenvalue weighted by Crippen LogP contribution is 2.52. The van der Waals surface area contributed by atoms with Gasteiger partial charge in [0.1, 0.15) is 0 Å². The Hall–Kier alpha value is -0.0400. The average molecular weight is 170 g/mol. The van der Waals surface area contributed by atoms with Crippen LogP contribution in [0.4, 0.5) is 0 Å². The van der Waals surface area contributed by atoms with Crippen molar-refractivity contribution in [3.05, 3.63) is 0 Å². The van der Waals surface area contributed by atoms with Crippen molar-refractivity contribution in [2.45, 2.75) is 64.9 Å². The number of rotatable bonds is 6. The Kier molecular flexibility index (Phi) is 3.57. The topological polar surface area (TPSA) is 20.2 Å². The zero-order valence-corrected chi connectivity index (χ0v) is 8.47. The first-order chi connectivity index (χ1) is 5.71. The fourth-order valence-electron chi connectivity index (χ4n) is 1.94. The van der Waals surface area contributed by atoms with Gasteiger partial charge in [-0.3, -0.25) is 0 Å². The smallest absolute Gasteiger partial charge is 0.0568 e. The maximum atomic E-state index is 9.50. The Morgan fingerprint density at radius 1 is 1.25 bits per heavy atom. The van der Waals surface area contributed by atoms with E-state index in [1.54, 1.807) is 0 Å². The lowest BCUT2D eigenvalue weighted by molar-refractivity contribution is 0.102. The monoisotopic (exact) mass is 170 g/mol. The van der Waals surface area contributed by atoms with Gasteiger partial charge < -0.3 is 5.11 Å². The molecule has 1 N–H and O–H groups in total. The van der Waals surface area contributed by atoms with E-state index in [1.165, 1.54) is 44.9 Å². The molecule has 1 unspecified atom stereocenters. The van der Waals surface area contributed by atoms with Crippen LogP contribution in [0.15, 0.2) is 0 Å². The van der Waals surface area contributed by atoms with E-state index in [1.807, 2.05) is 6.92 Å². The second-order valence-corrected chi connectivity index (χ2v) is 4.35. The summed E-state index contributed by atoms with van der Waals surface area (Å²) in [5.41, 5.74) is 0.355. The summed E-state index contributed by atoms with van der Waals surface area (Å²) < 4.78 is 0. The summed E-state index contributed by atoms with van der Waals surface area (Å²) in [6, 6.07) is 0. The van der Waals surface area contributed by atoms with Crippen molar-refractivity contribution in [1.29, 1.82) is 0 Å². The fraction of sp³-hybridized carbons (Fsp3) is 1.00. The minimum atomic E-state index is -0.0703. The standard InChI is InChI=1S/C11H22O/c1-3-4-5-6-7-11(8-9-11)10(2)12/h10,12H,3-9H2,1-2H3. The molecule has 0 spiro atoms. The van der Waals surface area contributed by atoms with Crippen LogP contribution >= 0.6 is 0 Å². The maximum absolute atomic E-state index is 9.50. The van der Waals surface area contributed by atoms with Gasteiger partial charge in [0, 0.05) is 0 Å². The van der Waals surface area contributed by atoms with E-state index >= 15 is 0 Å². The SMILES string of the molecule is CCCCCCC1(C(C)O)CC1. The van der Waals surface area contributed by atoms with Crippen molar-refractivity contribution >= 4 is 0 Å². The van der Waals surface area contributed by atoms with Crippen molar-refractivity contribution in [2.75, 3.05) is 0 Å². The molecule has 0 saturated heterocycles. The third kappa shape index (κ3) is 2.48. The molecule has 0 aromatic heterocycles. The maximum Gasteiger partial charge on any atom is 0.0568 e. The van der Waals surface area contributed by atoms with Crippen molar-refractivity contribution in [3.63, 3.8) is 0 Å². The lowest BCUT2D eigenvalue weighted by Crippen LogP contribution is -2.17. The van der Waals surface area contributed by atoms with E-state index in [9.17, 15) is 5.11 Å². The molecule has 0 aromatic rings. The van der Waals surface area contributed by atoms with Gasteiger partial charge in [-0.2, -0.15) is 0 Å². The van der Waals surface area contributed by atoms with Crippen molar-refractivity contribution in [3.8, 4) is 0 Å². The fourth-order valence-corrected chi connectivity index (χ4v) is 1.94. The Morgan fingerprint density at radius 2 is 1.92 bits per heavy atom. The summed E-state index contributed by atoms with van der Waals surface area (Å²) in [7, 11) is 0. The Balaban J connectivity index is 2.06. The van der Waals surface area contributed by atoms with Crippen molar-refractivity contribution < 1.29 is 5.11 Å². The third-order valence-corrected chi connectivity index (χ3v) is 3.31. The Morgan fingerprint density at radius 3 is 2.33 bits per heavy atom. The van der Waals surface area contributed by atoms with Crippen molar-refractivity contribution in [2.24, 2.45) is 5.41 Å². The van der Waals surface area contributed by atoms with Gasteiger partial charge in [-0.05, 0) is 31.6 Å². The highest BCUT2D eigenvalue weighted by atomic mass is 16.3. The largest absolute Gasteiger partial charge is 0.393 e. The molecule has 12 heavy (non-hydrogen) atoms. The zero-order chi connectivity index (χ0) is 9.03. The molecule has 0 bridgehead atoms. The lowest BCUT2D eigenvalue weighted by atomic mass is 9.93. The number of hydrogen-bond acceptors (Lipinski definition) is 1. The molecule has 0 aliphatic heterocycles. The highest BCUT2D eigenvalue weighted by Gasteiger charge is 2.45. The van der Waals surface area contributed by atoms with Crippen LogP contribution in [-0.2, 0) is 0 Å². The van der Waals surface area contributed by atoms with Gasteiger partial charge in [0.2, 0.25) is 0 Å². The van der Waals surface area contributed by atoms with Gasteiger partial charge in [-0.25, -0.2) is 0 Å². The molecular weight excluding hydrogens is 148 g/mol. The van der Waals surface area contributed by atoms with Gasteiger partial charge in [-0.1, -0.05) is 32.6 Å². The molecule has 1 atom stereocenters. The normalized spacial score (nSPS) is 22.2. The van der Waals surface area contributed by atoms with Gasteiger partial charge in [0.15, 0.2) is 0 Å². The minimum absolute atomic E-state index is 0.0703. The number of aliphatic hydroxyl groups is 1. The van der Waals surface area contributed by atoms with E-state index in [0.29, 0.717) is 5.41 Å². The Labute approximate surface area is 76.2 Å². The van der Waals surface area contributed by atoms with Crippen LogP contribution < -0.4 is 0 Å². The predicted octanol–water partition coefficient (Wildman–Crippen LogP) is 3.12. The lowest BCUT2D eigenvalue weighted by Gasteiger charge is -2.17. The second-order valence-electron chi connectivity index (χ2n) is 4.35. The van der Waals surface area contributed by atoms with Gasteiger partial charge >= 0.3 is 0 Å². The molecular formula is C11H22O. The summed E-state index contributed by atoms with van der Waals surface area (Å²) in [6.45, 7) is 4.19. The first-order valence-corrected chi connectivity index (χ1v) is 5.39. The first kappa shape index (κ1) is 10.0. The molecule has 1 aliphatic rings. The minimum Gasteiger partial charge on any atom is -0.393 e. The van der Waals surface area contributed by atoms with E-state index < -0.39 is 0 Å². The summed E-state index contributed by atoms with van der Waals surface area (Å²) in [4.78, 5) is 0. The molecule has 1 saturated carbocycles. The third-order valence-electron chi connectivity index (χ3n) is 3.31. The quantitative estimate of drug-likeness (QED) is 0.607. The van der Waals surface area contributed by atoms with Gasteiger partial charge in [0.25, 0.3) is 0 Å². The van der Waals surface area contributed by atoms with Crippen LogP contribution in [0.3, 0.4) is 0 Å². The number of hydrogen-bond donors (Lipinski definition) is 1. The summed E-state index contributed by atoms with van der Waals surface area (Å²) in [5, 5.41) is 9.50. The highest BCUT2D eigenvalue weighted by molar-refractivity contribution is 4.96. The molecule has 1 aliphatic carbocycles.